The minimum atomic E-state index is 0.132. The summed E-state index contributed by atoms with van der Waals surface area (Å²) in [6.45, 7) is 5.27. The summed E-state index contributed by atoms with van der Waals surface area (Å²) in [5, 5.41) is 8.11. The van der Waals surface area contributed by atoms with Gasteiger partial charge in [0.2, 0.25) is 17.7 Å². The van der Waals surface area contributed by atoms with Crippen LogP contribution in [-0.4, -0.2) is 52.2 Å². The van der Waals surface area contributed by atoms with E-state index in [4.69, 9.17) is 4.42 Å². The van der Waals surface area contributed by atoms with Crippen molar-refractivity contribution in [1.29, 1.82) is 0 Å². The highest BCUT2D eigenvalue weighted by atomic mass is 16.4. The van der Waals surface area contributed by atoms with Crippen LogP contribution in [0.3, 0.4) is 0 Å². The van der Waals surface area contributed by atoms with Crippen LogP contribution >= 0.6 is 0 Å². The molecule has 1 fully saturated rings. The zero-order valence-corrected chi connectivity index (χ0v) is 15.9. The zero-order chi connectivity index (χ0) is 19.3. The van der Waals surface area contributed by atoms with Crippen LogP contribution in [0.1, 0.15) is 17.9 Å². The summed E-state index contributed by atoms with van der Waals surface area (Å²) >= 11 is 0. The first-order valence-electron chi connectivity index (χ1n) is 9.51. The smallest absolute Gasteiger partial charge is 0.247 e. The van der Waals surface area contributed by atoms with Crippen molar-refractivity contribution >= 4 is 11.6 Å². The van der Waals surface area contributed by atoms with Gasteiger partial charge in [0.05, 0.1) is 0 Å². The molecule has 0 N–H and O–H groups in total. The predicted molar refractivity (Wildman–Crippen MR) is 106 cm³/mol. The Morgan fingerprint density at radius 3 is 2.61 bits per heavy atom. The zero-order valence-electron chi connectivity index (χ0n) is 15.9. The molecule has 2 aromatic heterocycles. The molecule has 1 saturated heterocycles. The highest BCUT2D eigenvalue weighted by molar-refractivity contribution is 5.76. The van der Waals surface area contributed by atoms with Gasteiger partial charge in [0.15, 0.2) is 0 Å². The second-order valence-corrected chi connectivity index (χ2v) is 6.94. The van der Waals surface area contributed by atoms with E-state index < -0.39 is 0 Å². The number of benzene rings is 1. The van der Waals surface area contributed by atoms with Gasteiger partial charge in [-0.15, -0.1) is 10.2 Å². The molecule has 4 rings (SSSR count). The van der Waals surface area contributed by atoms with Gasteiger partial charge in [-0.2, -0.15) is 0 Å². The molecule has 0 bridgehead atoms. The topological polar surface area (TPSA) is 75.4 Å². The van der Waals surface area contributed by atoms with E-state index in [1.54, 1.807) is 12.4 Å². The number of nitrogens with zero attached hydrogens (tertiary/aromatic N) is 5. The monoisotopic (exact) mass is 377 g/mol. The number of amides is 1. The lowest BCUT2D eigenvalue weighted by Gasteiger charge is -2.36. The Morgan fingerprint density at radius 1 is 1.07 bits per heavy atom. The minimum Gasteiger partial charge on any atom is -0.421 e. The molecular weight excluding hydrogens is 354 g/mol. The number of piperazine rings is 1. The molecule has 144 valence electrons. The summed E-state index contributed by atoms with van der Waals surface area (Å²) in [6, 6.07) is 12.1. The Morgan fingerprint density at radius 2 is 1.86 bits per heavy atom. The van der Waals surface area contributed by atoms with Gasteiger partial charge in [-0.05, 0) is 36.8 Å². The van der Waals surface area contributed by atoms with Gasteiger partial charge < -0.3 is 14.2 Å². The van der Waals surface area contributed by atoms with E-state index >= 15 is 0 Å². The lowest BCUT2D eigenvalue weighted by atomic mass is 10.2. The summed E-state index contributed by atoms with van der Waals surface area (Å²) < 4.78 is 5.66. The Labute approximate surface area is 164 Å². The van der Waals surface area contributed by atoms with E-state index in [0.717, 1.165) is 31.7 Å². The fourth-order valence-corrected chi connectivity index (χ4v) is 3.38. The van der Waals surface area contributed by atoms with Crippen LogP contribution in [-0.2, 0) is 11.2 Å². The molecule has 0 saturated carbocycles. The largest absolute Gasteiger partial charge is 0.421 e. The van der Waals surface area contributed by atoms with E-state index in [-0.39, 0.29) is 5.91 Å². The fourth-order valence-electron chi connectivity index (χ4n) is 3.38. The molecule has 0 atom stereocenters. The van der Waals surface area contributed by atoms with E-state index in [2.05, 4.69) is 51.3 Å². The van der Waals surface area contributed by atoms with E-state index in [9.17, 15) is 4.79 Å². The standard InChI is InChI=1S/C21H23N5O2/c1-16-3-2-4-18(15-16)25-11-13-26(14-12-25)20(27)6-5-19-23-24-21(28-19)17-7-9-22-10-8-17/h2-4,7-10,15H,5-6,11-14H2,1H3. The first kappa shape index (κ1) is 18.2. The van der Waals surface area contributed by atoms with Gasteiger partial charge in [0.1, 0.15) is 0 Å². The predicted octanol–water partition coefficient (Wildman–Crippen LogP) is 2.72. The van der Waals surface area contributed by atoms with Gasteiger partial charge in [0.25, 0.3) is 0 Å². The first-order valence-corrected chi connectivity index (χ1v) is 9.51. The summed E-state index contributed by atoms with van der Waals surface area (Å²) in [4.78, 5) is 20.8. The first-order chi connectivity index (χ1) is 13.7. The number of anilines is 1. The maximum Gasteiger partial charge on any atom is 0.247 e. The van der Waals surface area contributed by atoms with Crippen molar-refractivity contribution in [1.82, 2.24) is 20.1 Å². The maximum absolute atomic E-state index is 12.6. The van der Waals surface area contributed by atoms with Crippen LogP contribution in [0.2, 0.25) is 0 Å². The van der Waals surface area contributed by atoms with Crippen LogP contribution in [0.25, 0.3) is 11.5 Å². The van der Waals surface area contributed by atoms with E-state index in [0.29, 0.717) is 24.6 Å². The second kappa shape index (κ2) is 8.21. The molecule has 0 spiro atoms. The molecule has 0 unspecified atom stereocenters. The second-order valence-electron chi connectivity index (χ2n) is 6.94. The van der Waals surface area contributed by atoms with E-state index in [1.165, 1.54) is 11.3 Å². The number of hydrogen-bond donors (Lipinski definition) is 0. The van der Waals surface area contributed by atoms with Crippen LogP contribution < -0.4 is 4.90 Å². The molecule has 7 heteroatoms. The summed E-state index contributed by atoms with van der Waals surface area (Å²) in [6.07, 6.45) is 4.19. The van der Waals surface area contributed by atoms with Gasteiger partial charge in [-0.3, -0.25) is 9.78 Å². The van der Waals surface area contributed by atoms with Crippen molar-refractivity contribution in [3.8, 4) is 11.5 Å². The number of pyridine rings is 1. The Kier molecular flexibility index (Phi) is 5.32. The molecule has 0 aliphatic carbocycles. The molecule has 0 radical (unpaired) electrons. The van der Waals surface area contributed by atoms with Crippen molar-refractivity contribution in [2.75, 3.05) is 31.1 Å². The number of aromatic nitrogens is 3. The molecule has 3 heterocycles. The Bertz CT molecular complexity index is 933. The van der Waals surface area contributed by atoms with Crippen molar-refractivity contribution in [2.24, 2.45) is 0 Å². The van der Waals surface area contributed by atoms with Crippen molar-refractivity contribution in [3.63, 3.8) is 0 Å². The highest BCUT2D eigenvalue weighted by Gasteiger charge is 2.22. The molecule has 7 nitrogen and oxygen atoms in total. The molecule has 3 aromatic rings. The number of aryl methyl sites for hydroxylation is 2. The third-order valence-corrected chi connectivity index (χ3v) is 4.95. The fraction of sp³-hybridized carbons (Fsp3) is 0.333. The number of carbonyl (C=O) groups excluding carboxylic acids is 1. The highest BCUT2D eigenvalue weighted by Crippen LogP contribution is 2.19. The summed E-state index contributed by atoms with van der Waals surface area (Å²) in [7, 11) is 0. The quantitative estimate of drug-likeness (QED) is 0.681. The molecule has 1 aliphatic heterocycles. The van der Waals surface area contributed by atoms with Crippen molar-refractivity contribution < 1.29 is 9.21 Å². The van der Waals surface area contributed by atoms with Crippen LogP contribution in [0.4, 0.5) is 5.69 Å². The SMILES string of the molecule is Cc1cccc(N2CCN(C(=O)CCc3nnc(-c4ccncc4)o3)CC2)c1. The minimum absolute atomic E-state index is 0.132. The number of hydrogen-bond acceptors (Lipinski definition) is 6. The van der Waals surface area contributed by atoms with Crippen molar-refractivity contribution in [2.45, 2.75) is 19.8 Å². The molecule has 1 aliphatic rings. The maximum atomic E-state index is 12.6. The van der Waals surface area contributed by atoms with Crippen LogP contribution in [0.15, 0.2) is 53.2 Å². The Balaban J connectivity index is 1.28. The van der Waals surface area contributed by atoms with Gasteiger partial charge in [-0.25, -0.2) is 0 Å². The van der Waals surface area contributed by atoms with Gasteiger partial charge in [0, 0.05) is 62.7 Å². The molecule has 1 amide bonds. The normalized spacial score (nSPS) is 14.3. The molecular formula is C21H23N5O2. The van der Waals surface area contributed by atoms with Crippen molar-refractivity contribution in [3.05, 3.63) is 60.2 Å². The summed E-state index contributed by atoms with van der Waals surface area (Å²) in [5.41, 5.74) is 3.30. The lowest BCUT2D eigenvalue weighted by Crippen LogP contribution is -2.48. The summed E-state index contributed by atoms with van der Waals surface area (Å²) in [5.74, 6) is 1.07. The lowest BCUT2D eigenvalue weighted by molar-refractivity contribution is -0.131. The average molecular weight is 377 g/mol. The number of carbonyl (C=O) groups is 1. The van der Waals surface area contributed by atoms with Gasteiger partial charge in [-0.1, -0.05) is 12.1 Å². The Hall–Kier alpha value is -3.22. The molecule has 28 heavy (non-hydrogen) atoms. The molecule has 1 aromatic carbocycles. The van der Waals surface area contributed by atoms with Gasteiger partial charge >= 0.3 is 0 Å². The third kappa shape index (κ3) is 4.19. The van der Waals surface area contributed by atoms with E-state index in [1.807, 2.05) is 17.0 Å². The third-order valence-electron chi connectivity index (χ3n) is 4.95. The van der Waals surface area contributed by atoms with Crippen LogP contribution in [0, 0.1) is 6.92 Å². The van der Waals surface area contributed by atoms with Crippen LogP contribution in [0.5, 0.6) is 0 Å². The number of rotatable bonds is 5. The average Bonchev–Trinajstić information content (AvgIpc) is 3.22.